The number of fused-ring (bicyclic) bond motifs is 2. The third-order valence-electron chi connectivity index (χ3n) is 3.74. The Hall–Kier alpha value is -1.36. The summed E-state index contributed by atoms with van der Waals surface area (Å²) in [6.07, 6.45) is 5.26. The molecule has 1 atom stereocenters. The standard InChI is InChI=1S/C11H16N4O/c1-2-9(16)14-6-11(7-14)5-8(12)10-13-3-4-15(10)11/h3-4,8H,2,5-7,12H2,1H3. The van der Waals surface area contributed by atoms with Crippen molar-refractivity contribution in [2.24, 2.45) is 5.73 Å². The highest BCUT2D eigenvalue weighted by Crippen LogP contribution is 2.43. The van der Waals surface area contributed by atoms with Crippen LogP contribution in [0.4, 0.5) is 0 Å². The Morgan fingerprint density at radius 2 is 2.44 bits per heavy atom. The predicted molar refractivity (Wildman–Crippen MR) is 58.6 cm³/mol. The number of nitrogens with zero attached hydrogens (tertiary/aromatic N) is 3. The van der Waals surface area contributed by atoms with E-state index in [1.165, 1.54) is 0 Å². The minimum atomic E-state index is 0.0221. The number of carbonyl (C=O) groups excluding carboxylic acids is 1. The lowest BCUT2D eigenvalue weighted by Crippen LogP contribution is -2.62. The second kappa shape index (κ2) is 3.07. The molecule has 0 aliphatic carbocycles. The van der Waals surface area contributed by atoms with Gasteiger partial charge in [-0.2, -0.15) is 0 Å². The molecule has 2 aliphatic rings. The molecule has 1 aromatic rings. The van der Waals surface area contributed by atoms with Gasteiger partial charge in [-0.3, -0.25) is 4.79 Å². The first-order valence-corrected chi connectivity index (χ1v) is 5.73. The Morgan fingerprint density at radius 1 is 1.69 bits per heavy atom. The Labute approximate surface area is 94.2 Å². The van der Waals surface area contributed by atoms with E-state index < -0.39 is 0 Å². The fraction of sp³-hybridized carbons (Fsp3) is 0.636. The van der Waals surface area contributed by atoms with Gasteiger partial charge in [0.05, 0.1) is 11.6 Å². The normalized spacial score (nSPS) is 25.6. The van der Waals surface area contributed by atoms with Crippen molar-refractivity contribution in [3.8, 4) is 0 Å². The van der Waals surface area contributed by atoms with Crippen molar-refractivity contribution in [2.75, 3.05) is 13.1 Å². The summed E-state index contributed by atoms with van der Waals surface area (Å²) in [6, 6.07) is 0.0221. The van der Waals surface area contributed by atoms with Crippen LogP contribution in [0.5, 0.6) is 0 Å². The molecule has 16 heavy (non-hydrogen) atoms. The van der Waals surface area contributed by atoms with Gasteiger partial charge >= 0.3 is 0 Å². The Kier molecular flexibility index (Phi) is 1.89. The number of carbonyl (C=O) groups is 1. The minimum absolute atomic E-state index is 0.0221. The number of nitrogens with two attached hydrogens (primary N) is 1. The van der Waals surface area contributed by atoms with Crippen LogP contribution >= 0.6 is 0 Å². The zero-order valence-corrected chi connectivity index (χ0v) is 9.39. The molecule has 0 bridgehead atoms. The summed E-state index contributed by atoms with van der Waals surface area (Å²) in [5, 5.41) is 0. The number of hydrogen-bond acceptors (Lipinski definition) is 3. The highest BCUT2D eigenvalue weighted by Gasteiger charge is 2.52. The van der Waals surface area contributed by atoms with Crippen molar-refractivity contribution >= 4 is 5.91 Å². The number of rotatable bonds is 1. The zero-order valence-electron chi connectivity index (χ0n) is 9.39. The Morgan fingerprint density at radius 3 is 3.12 bits per heavy atom. The molecule has 1 fully saturated rings. The van der Waals surface area contributed by atoms with Crippen LogP contribution in [0.1, 0.15) is 31.6 Å². The molecule has 1 saturated heterocycles. The lowest BCUT2D eigenvalue weighted by atomic mass is 9.86. The van der Waals surface area contributed by atoms with Gasteiger partial charge in [-0.25, -0.2) is 4.98 Å². The smallest absolute Gasteiger partial charge is 0.222 e. The van der Waals surface area contributed by atoms with E-state index in [0.29, 0.717) is 6.42 Å². The molecule has 0 radical (unpaired) electrons. The van der Waals surface area contributed by atoms with Gasteiger partial charge in [-0.1, -0.05) is 6.92 Å². The maximum atomic E-state index is 11.5. The maximum absolute atomic E-state index is 11.5. The lowest BCUT2D eigenvalue weighted by molar-refractivity contribution is -0.141. The van der Waals surface area contributed by atoms with Gasteiger partial charge in [-0.05, 0) is 6.42 Å². The molecular formula is C11H16N4O. The number of aromatic nitrogens is 2. The van der Waals surface area contributed by atoms with Crippen molar-refractivity contribution in [3.63, 3.8) is 0 Å². The molecular weight excluding hydrogens is 204 g/mol. The third kappa shape index (κ3) is 1.09. The largest absolute Gasteiger partial charge is 0.338 e. The summed E-state index contributed by atoms with van der Waals surface area (Å²) in [4.78, 5) is 17.7. The van der Waals surface area contributed by atoms with Crippen LogP contribution in [-0.4, -0.2) is 33.4 Å². The topological polar surface area (TPSA) is 64.2 Å². The average Bonchev–Trinajstić information content (AvgIpc) is 2.78. The second-order valence-electron chi connectivity index (χ2n) is 4.79. The van der Waals surface area contributed by atoms with E-state index in [9.17, 15) is 4.79 Å². The van der Waals surface area contributed by atoms with Crippen LogP contribution in [0.2, 0.25) is 0 Å². The molecule has 2 aliphatic heterocycles. The SMILES string of the molecule is CCC(=O)N1CC2(CC(N)c3nccn32)C1. The first-order valence-electron chi connectivity index (χ1n) is 5.73. The number of likely N-dealkylation sites (tertiary alicyclic amines) is 1. The van der Waals surface area contributed by atoms with E-state index in [-0.39, 0.29) is 17.5 Å². The van der Waals surface area contributed by atoms with Crippen molar-refractivity contribution < 1.29 is 4.79 Å². The van der Waals surface area contributed by atoms with E-state index in [1.807, 2.05) is 18.0 Å². The molecule has 2 N–H and O–H groups in total. The second-order valence-corrected chi connectivity index (χ2v) is 4.79. The number of hydrogen-bond donors (Lipinski definition) is 1. The molecule has 3 rings (SSSR count). The van der Waals surface area contributed by atoms with Crippen LogP contribution in [0.25, 0.3) is 0 Å². The Bertz CT molecular complexity index is 433. The monoisotopic (exact) mass is 220 g/mol. The van der Waals surface area contributed by atoms with E-state index in [4.69, 9.17) is 5.73 Å². The van der Waals surface area contributed by atoms with Crippen molar-refractivity contribution in [1.29, 1.82) is 0 Å². The van der Waals surface area contributed by atoms with Crippen LogP contribution in [-0.2, 0) is 10.3 Å². The van der Waals surface area contributed by atoms with Crippen molar-refractivity contribution in [1.82, 2.24) is 14.5 Å². The van der Waals surface area contributed by atoms with Gasteiger partial charge in [-0.15, -0.1) is 0 Å². The average molecular weight is 220 g/mol. The van der Waals surface area contributed by atoms with Gasteiger partial charge in [0.1, 0.15) is 5.82 Å². The molecule has 1 unspecified atom stereocenters. The molecule has 5 heteroatoms. The molecule has 0 aromatic carbocycles. The van der Waals surface area contributed by atoms with Gasteiger partial charge in [0, 0.05) is 31.9 Å². The molecule has 1 aromatic heterocycles. The summed E-state index contributed by atoms with van der Waals surface area (Å²) in [5.41, 5.74) is 6.08. The first kappa shape index (κ1) is 9.84. The summed E-state index contributed by atoms with van der Waals surface area (Å²) in [7, 11) is 0. The maximum Gasteiger partial charge on any atom is 0.222 e. The fourth-order valence-corrected chi connectivity index (χ4v) is 2.94. The van der Waals surface area contributed by atoms with Crippen LogP contribution < -0.4 is 5.73 Å². The fourth-order valence-electron chi connectivity index (χ4n) is 2.94. The van der Waals surface area contributed by atoms with Crippen LogP contribution in [0, 0.1) is 0 Å². The summed E-state index contributed by atoms with van der Waals surface area (Å²) in [6.45, 7) is 3.48. The highest BCUT2D eigenvalue weighted by molar-refractivity contribution is 5.77. The van der Waals surface area contributed by atoms with E-state index in [1.54, 1.807) is 6.20 Å². The third-order valence-corrected chi connectivity index (χ3v) is 3.74. The molecule has 1 amide bonds. The molecule has 0 saturated carbocycles. The van der Waals surface area contributed by atoms with Crippen LogP contribution in [0.15, 0.2) is 12.4 Å². The van der Waals surface area contributed by atoms with Crippen molar-refractivity contribution in [2.45, 2.75) is 31.3 Å². The van der Waals surface area contributed by atoms with Gasteiger partial charge < -0.3 is 15.2 Å². The minimum Gasteiger partial charge on any atom is -0.338 e. The first-order chi connectivity index (χ1) is 7.66. The summed E-state index contributed by atoms with van der Waals surface area (Å²) >= 11 is 0. The Balaban J connectivity index is 1.83. The molecule has 5 nitrogen and oxygen atoms in total. The molecule has 86 valence electrons. The van der Waals surface area contributed by atoms with E-state index in [2.05, 4.69) is 9.55 Å². The lowest BCUT2D eigenvalue weighted by Gasteiger charge is -2.49. The number of imidazole rings is 1. The van der Waals surface area contributed by atoms with Crippen molar-refractivity contribution in [3.05, 3.63) is 18.2 Å². The van der Waals surface area contributed by atoms with Gasteiger partial charge in [0.15, 0.2) is 0 Å². The number of amides is 1. The van der Waals surface area contributed by atoms with Crippen LogP contribution in [0.3, 0.4) is 0 Å². The quantitative estimate of drug-likeness (QED) is 0.737. The highest BCUT2D eigenvalue weighted by atomic mass is 16.2. The summed E-state index contributed by atoms with van der Waals surface area (Å²) in [5.74, 6) is 1.19. The molecule has 3 heterocycles. The van der Waals surface area contributed by atoms with E-state index >= 15 is 0 Å². The van der Waals surface area contributed by atoms with Gasteiger partial charge in [0.25, 0.3) is 0 Å². The van der Waals surface area contributed by atoms with E-state index in [0.717, 1.165) is 25.3 Å². The zero-order chi connectivity index (χ0) is 11.3. The predicted octanol–water partition coefficient (Wildman–Crippen LogP) is 0.234. The molecule has 1 spiro atoms. The summed E-state index contributed by atoms with van der Waals surface area (Å²) < 4.78 is 2.16. The van der Waals surface area contributed by atoms with Gasteiger partial charge in [0.2, 0.25) is 5.91 Å².